The van der Waals surface area contributed by atoms with Crippen molar-refractivity contribution in [3.05, 3.63) is 28.3 Å². The zero-order chi connectivity index (χ0) is 13.7. The van der Waals surface area contributed by atoms with Crippen LogP contribution in [0.2, 0.25) is 0 Å². The predicted molar refractivity (Wildman–Crippen MR) is 60.9 cm³/mol. The highest BCUT2D eigenvalue weighted by molar-refractivity contribution is 5.85. The van der Waals surface area contributed by atoms with Gasteiger partial charge in [-0.05, 0) is 12.1 Å². The number of rotatable bonds is 5. The number of hydrogen-bond acceptors (Lipinski definition) is 5. The molecule has 0 bridgehead atoms. The van der Waals surface area contributed by atoms with E-state index >= 15 is 0 Å². The molecule has 0 aliphatic heterocycles. The van der Waals surface area contributed by atoms with Crippen LogP contribution in [-0.4, -0.2) is 33.7 Å². The van der Waals surface area contributed by atoms with Crippen LogP contribution in [-0.2, 0) is 4.79 Å². The summed E-state index contributed by atoms with van der Waals surface area (Å²) < 4.78 is 0. The van der Waals surface area contributed by atoms with Gasteiger partial charge in [0.15, 0.2) is 0 Å². The van der Waals surface area contributed by atoms with Gasteiger partial charge < -0.3 is 15.5 Å². The zero-order valence-electron chi connectivity index (χ0n) is 8.91. The van der Waals surface area contributed by atoms with Gasteiger partial charge in [-0.15, -0.1) is 0 Å². The molecule has 0 spiro atoms. The molecule has 9 nitrogen and oxygen atoms in total. The lowest BCUT2D eigenvalue weighted by molar-refractivity contribution is -0.383. The molecule has 96 valence electrons. The van der Waals surface area contributed by atoms with Crippen LogP contribution in [0.5, 0.6) is 0 Å². The van der Waals surface area contributed by atoms with Crippen LogP contribution in [0.1, 0.15) is 0 Å². The normalized spacial score (nSPS) is 9.56. The number of carbonyl (C=O) groups is 2. The van der Waals surface area contributed by atoms with Crippen LogP contribution >= 0.6 is 0 Å². The topological polar surface area (TPSA) is 142 Å². The lowest BCUT2D eigenvalue weighted by Gasteiger charge is -2.06. The third kappa shape index (κ3) is 3.63. The minimum Gasteiger partial charge on any atom is -0.480 e. The molecule has 0 aromatic heterocycles. The average Bonchev–Trinajstić information content (AvgIpc) is 2.26. The lowest BCUT2D eigenvalue weighted by atomic mass is 10.2. The maximum atomic E-state index is 10.7. The van der Waals surface area contributed by atoms with Crippen molar-refractivity contribution in [1.29, 1.82) is 0 Å². The summed E-state index contributed by atoms with van der Waals surface area (Å²) in [6, 6.07) is 3.51. The Morgan fingerprint density at radius 1 is 1.33 bits per heavy atom. The van der Waals surface area contributed by atoms with Crippen LogP contribution in [0.15, 0.2) is 18.2 Å². The Morgan fingerprint density at radius 2 is 2.00 bits per heavy atom. The summed E-state index contributed by atoms with van der Waals surface area (Å²) in [5.74, 6) is -1.17. The van der Waals surface area contributed by atoms with E-state index in [0.717, 1.165) is 6.07 Å². The number of benzene rings is 1. The van der Waals surface area contributed by atoms with E-state index in [1.54, 1.807) is 0 Å². The quantitative estimate of drug-likeness (QED) is 0.457. The maximum Gasteiger partial charge on any atom is 0.409 e. The van der Waals surface area contributed by atoms with Crippen molar-refractivity contribution in [3.63, 3.8) is 0 Å². The first-order valence-corrected chi connectivity index (χ1v) is 4.64. The zero-order valence-corrected chi connectivity index (χ0v) is 8.91. The Morgan fingerprint density at radius 3 is 2.50 bits per heavy atom. The van der Waals surface area contributed by atoms with Crippen LogP contribution in [0.3, 0.4) is 0 Å². The van der Waals surface area contributed by atoms with Crippen molar-refractivity contribution < 1.29 is 24.7 Å². The van der Waals surface area contributed by atoms with E-state index in [9.17, 15) is 19.7 Å². The van der Waals surface area contributed by atoms with Gasteiger partial charge in [-0.3, -0.25) is 20.2 Å². The number of hydrogen-bond donors (Lipinski definition) is 4. The van der Waals surface area contributed by atoms with Crippen molar-refractivity contribution in [2.75, 3.05) is 17.2 Å². The van der Waals surface area contributed by atoms with Crippen LogP contribution in [0.25, 0.3) is 0 Å². The van der Waals surface area contributed by atoms with E-state index in [0.29, 0.717) is 0 Å². The summed E-state index contributed by atoms with van der Waals surface area (Å²) in [6.45, 7) is -0.480. The molecule has 1 aromatic rings. The lowest BCUT2D eigenvalue weighted by Crippen LogP contribution is -2.14. The molecule has 0 heterocycles. The van der Waals surface area contributed by atoms with Gasteiger partial charge in [0.2, 0.25) is 0 Å². The van der Waals surface area contributed by atoms with E-state index < -0.39 is 29.2 Å². The average molecular weight is 255 g/mol. The number of anilines is 2. The Kier molecular flexibility index (Phi) is 4.02. The molecule has 0 aliphatic rings. The number of nitro benzene ring substituents is 1. The molecule has 0 atom stereocenters. The SMILES string of the molecule is O=C(O)CNc1ccc(NC(=O)O)cc1[N+](=O)[O-]. The number of nitrogens with zero attached hydrogens (tertiary/aromatic N) is 1. The Hall–Kier alpha value is -2.84. The van der Waals surface area contributed by atoms with E-state index in [-0.39, 0.29) is 11.4 Å². The molecule has 0 radical (unpaired) electrons. The smallest absolute Gasteiger partial charge is 0.409 e. The molecule has 9 heteroatoms. The fraction of sp³-hybridized carbons (Fsp3) is 0.111. The third-order valence-electron chi connectivity index (χ3n) is 1.88. The summed E-state index contributed by atoms with van der Waals surface area (Å²) in [6.07, 6.45) is -1.35. The molecule has 0 aliphatic carbocycles. The van der Waals surface area contributed by atoms with Crippen LogP contribution in [0.4, 0.5) is 21.9 Å². The molecular weight excluding hydrogens is 246 g/mol. The van der Waals surface area contributed by atoms with E-state index in [2.05, 4.69) is 5.32 Å². The van der Waals surface area contributed by atoms with Crippen molar-refractivity contribution in [3.8, 4) is 0 Å². The first-order chi connectivity index (χ1) is 8.40. The Bertz CT molecular complexity index is 501. The Labute approximate surface area is 100 Å². The maximum absolute atomic E-state index is 10.7. The molecule has 0 saturated carbocycles. The van der Waals surface area contributed by atoms with Crippen molar-refractivity contribution in [2.45, 2.75) is 0 Å². The second kappa shape index (κ2) is 5.48. The second-order valence-corrected chi connectivity index (χ2v) is 3.17. The standard InChI is InChI=1S/C9H9N3O6/c13-8(14)4-10-6-2-1-5(11-9(15)16)3-7(6)12(17)18/h1-3,10-11H,4H2,(H,13,14)(H,15,16). The number of carboxylic acids is 1. The van der Waals surface area contributed by atoms with Crippen molar-refractivity contribution >= 4 is 29.1 Å². The van der Waals surface area contributed by atoms with Crippen LogP contribution < -0.4 is 10.6 Å². The van der Waals surface area contributed by atoms with Crippen molar-refractivity contribution in [1.82, 2.24) is 0 Å². The van der Waals surface area contributed by atoms with E-state index in [1.807, 2.05) is 5.32 Å². The first-order valence-electron chi connectivity index (χ1n) is 4.64. The van der Waals surface area contributed by atoms with E-state index in [1.165, 1.54) is 12.1 Å². The molecule has 1 aromatic carbocycles. The molecular formula is C9H9N3O6. The number of amides is 1. The summed E-state index contributed by atoms with van der Waals surface area (Å²) in [7, 11) is 0. The second-order valence-electron chi connectivity index (χ2n) is 3.17. The van der Waals surface area contributed by atoms with Gasteiger partial charge in [-0.2, -0.15) is 0 Å². The summed E-state index contributed by atoms with van der Waals surface area (Å²) in [5, 5.41) is 32.0. The highest BCUT2D eigenvalue weighted by Crippen LogP contribution is 2.27. The number of aliphatic carboxylic acids is 1. The predicted octanol–water partition coefficient (Wildman–Crippen LogP) is 1.18. The summed E-state index contributed by atoms with van der Waals surface area (Å²) in [5.41, 5.74) is -0.393. The van der Waals surface area contributed by atoms with Gasteiger partial charge in [0.1, 0.15) is 12.2 Å². The molecule has 1 amide bonds. The highest BCUT2D eigenvalue weighted by atomic mass is 16.6. The molecule has 4 N–H and O–H groups in total. The molecule has 1 rings (SSSR count). The summed E-state index contributed by atoms with van der Waals surface area (Å²) in [4.78, 5) is 30.7. The Balaban J connectivity index is 3.00. The van der Waals surface area contributed by atoms with Gasteiger partial charge in [0.25, 0.3) is 5.69 Å². The molecule has 0 unspecified atom stereocenters. The van der Waals surface area contributed by atoms with Gasteiger partial charge >= 0.3 is 12.1 Å². The van der Waals surface area contributed by atoms with Gasteiger partial charge in [0.05, 0.1) is 10.6 Å². The minimum atomic E-state index is -1.35. The molecule has 0 fully saturated rings. The van der Waals surface area contributed by atoms with Crippen molar-refractivity contribution in [2.24, 2.45) is 0 Å². The van der Waals surface area contributed by atoms with Gasteiger partial charge in [0, 0.05) is 6.07 Å². The van der Waals surface area contributed by atoms with Gasteiger partial charge in [-0.25, -0.2) is 4.79 Å². The monoisotopic (exact) mass is 255 g/mol. The third-order valence-corrected chi connectivity index (χ3v) is 1.88. The minimum absolute atomic E-state index is 0.00154. The number of carboxylic acid groups (broad SMARTS) is 2. The number of nitro groups is 1. The number of nitrogens with one attached hydrogen (secondary N) is 2. The van der Waals surface area contributed by atoms with Gasteiger partial charge in [-0.1, -0.05) is 0 Å². The fourth-order valence-electron chi connectivity index (χ4n) is 1.20. The highest BCUT2D eigenvalue weighted by Gasteiger charge is 2.15. The molecule has 0 saturated heterocycles. The van der Waals surface area contributed by atoms with Crippen LogP contribution in [0, 0.1) is 10.1 Å². The fourth-order valence-corrected chi connectivity index (χ4v) is 1.20. The first kappa shape index (κ1) is 13.2. The summed E-state index contributed by atoms with van der Waals surface area (Å²) >= 11 is 0. The largest absolute Gasteiger partial charge is 0.480 e. The van der Waals surface area contributed by atoms with E-state index in [4.69, 9.17) is 10.2 Å². The molecule has 18 heavy (non-hydrogen) atoms.